The monoisotopic (exact) mass is 484 g/mol. The van der Waals surface area contributed by atoms with Crippen molar-refractivity contribution in [2.75, 3.05) is 36.2 Å². The zero-order valence-electron chi connectivity index (χ0n) is 18.8. The molecule has 0 spiro atoms. The fourth-order valence-electron chi connectivity index (χ4n) is 3.77. The lowest BCUT2D eigenvalue weighted by atomic mass is 9.89. The number of aliphatic hydroxyl groups is 1. The van der Waals surface area contributed by atoms with Gasteiger partial charge in [0.25, 0.3) is 0 Å². The maximum absolute atomic E-state index is 11.3. The molecule has 1 heterocycles. The van der Waals surface area contributed by atoms with E-state index in [0.29, 0.717) is 40.7 Å². The zero-order valence-corrected chi connectivity index (χ0v) is 19.6. The van der Waals surface area contributed by atoms with Crippen LogP contribution in [0.5, 0.6) is 5.75 Å². The van der Waals surface area contributed by atoms with E-state index in [4.69, 9.17) is 21.0 Å². The lowest BCUT2D eigenvalue weighted by Crippen LogP contribution is -2.47. The van der Waals surface area contributed by atoms with Crippen LogP contribution in [0.25, 0.3) is 10.9 Å². The Labute approximate surface area is 198 Å². The number of hydrogen-bond acceptors (Lipinski definition) is 10. The van der Waals surface area contributed by atoms with Crippen molar-refractivity contribution in [3.05, 3.63) is 48.2 Å². The molecule has 0 atom stereocenters. The first-order valence-electron chi connectivity index (χ1n) is 10.9. The van der Waals surface area contributed by atoms with Crippen molar-refractivity contribution in [3.63, 3.8) is 0 Å². The summed E-state index contributed by atoms with van der Waals surface area (Å²) in [5.74, 6) is 1.17. The third-order valence-electron chi connectivity index (χ3n) is 5.66. The van der Waals surface area contributed by atoms with Gasteiger partial charge >= 0.3 is 0 Å². The van der Waals surface area contributed by atoms with E-state index in [1.165, 1.54) is 6.26 Å². The van der Waals surface area contributed by atoms with Gasteiger partial charge in [0.1, 0.15) is 27.2 Å². The topological polar surface area (TPSA) is 163 Å². The summed E-state index contributed by atoms with van der Waals surface area (Å²) in [6.45, 7) is 0.0609. The second kappa shape index (κ2) is 9.92. The van der Waals surface area contributed by atoms with E-state index in [9.17, 15) is 8.42 Å². The molecule has 0 amide bonds. The molecule has 0 bridgehead atoms. The number of nitrogens with two attached hydrogens (primary N) is 1. The Bertz CT molecular complexity index is 1310. The number of nitrogen functional groups attached to an aromatic ring is 1. The number of hydrogen-bond donors (Lipinski definition) is 5. The zero-order chi connectivity index (χ0) is 24.3. The number of para-hydroxylation sites is 1. The molecule has 1 saturated carbocycles. The van der Waals surface area contributed by atoms with Gasteiger partial charge in [-0.15, -0.1) is 0 Å². The molecule has 4 rings (SSSR count). The number of aromatic nitrogens is 2. The average molecular weight is 485 g/mol. The maximum Gasteiger partial charge on any atom is 0.227 e. The van der Waals surface area contributed by atoms with Crippen molar-refractivity contribution in [2.45, 2.75) is 25.0 Å². The van der Waals surface area contributed by atoms with Crippen LogP contribution in [0.1, 0.15) is 18.4 Å². The molecule has 10 nitrogen and oxygen atoms in total. The van der Waals surface area contributed by atoms with Crippen LogP contribution in [0, 0.1) is 5.41 Å². The maximum atomic E-state index is 11.3. The summed E-state index contributed by atoms with van der Waals surface area (Å²) in [6, 6.07) is 11.0. The largest absolute Gasteiger partial charge is 0.488 e. The van der Waals surface area contributed by atoms with Gasteiger partial charge in [0.2, 0.25) is 5.95 Å². The van der Waals surface area contributed by atoms with E-state index in [0.717, 1.165) is 18.2 Å². The number of anilines is 3. The highest BCUT2D eigenvalue weighted by atomic mass is 32.2. The van der Waals surface area contributed by atoms with Crippen LogP contribution in [-0.2, 0) is 9.84 Å². The van der Waals surface area contributed by atoms with E-state index in [-0.39, 0.29) is 30.2 Å². The van der Waals surface area contributed by atoms with Gasteiger partial charge in [0.05, 0.1) is 18.1 Å². The summed E-state index contributed by atoms with van der Waals surface area (Å²) in [6.07, 6.45) is 4.57. The van der Waals surface area contributed by atoms with Crippen molar-refractivity contribution < 1.29 is 18.3 Å². The Balaban J connectivity index is 1.42. The predicted octanol–water partition coefficient (Wildman–Crippen LogP) is 1.86. The van der Waals surface area contributed by atoms with E-state index < -0.39 is 9.84 Å². The molecule has 1 aromatic heterocycles. The summed E-state index contributed by atoms with van der Waals surface area (Å²) in [5.41, 5.74) is 8.26. The van der Waals surface area contributed by atoms with E-state index in [1.54, 1.807) is 24.4 Å². The van der Waals surface area contributed by atoms with Gasteiger partial charge in [-0.05, 0) is 37.1 Å². The SMILES string of the molecule is CS(=O)(=O)CCN[C@H]1C[C@@H](Oc2cccc3cnc(Nc4ccc(C(=N)CO)c(N)c4)nc23)C1. The number of benzene rings is 2. The first kappa shape index (κ1) is 23.9. The van der Waals surface area contributed by atoms with Crippen molar-refractivity contribution in [1.29, 1.82) is 5.41 Å². The van der Waals surface area contributed by atoms with Gasteiger partial charge in [-0.25, -0.2) is 18.4 Å². The van der Waals surface area contributed by atoms with E-state index >= 15 is 0 Å². The molecule has 6 N–H and O–H groups in total. The predicted molar refractivity (Wildman–Crippen MR) is 133 cm³/mol. The highest BCUT2D eigenvalue weighted by molar-refractivity contribution is 7.90. The number of rotatable bonds is 10. The molecule has 0 radical (unpaired) electrons. The van der Waals surface area contributed by atoms with Crippen LogP contribution in [0.15, 0.2) is 42.6 Å². The normalized spacial score (nSPS) is 17.8. The van der Waals surface area contributed by atoms with Gasteiger partial charge < -0.3 is 31.6 Å². The van der Waals surface area contributed by atoms with Crippen molar-refractivity contribution in [2.24, 2.45) is 0 Å². The molecule has 180 valence electrons. The fraction of sp³-hybridized carbons (Fsp3) is 0.348. The van der Waals surface area contributed by atoms with Gasteiger partial charge in [-0.2, -0.15) is 0 Å². The minimum absolute atomic E-state index is 0.0295. The Morgan fingerprint density at radius 1 is 1.29 bits per heavy atom. The summed E-state index contributed by atoms with van der Waals surface area (Å²) in [7, 11) is -2.97. The molecular weight excluding hydrogens is 456 g/mol. The minimum atomic E-state index is -2.97. The van der Waals surface area contributed by atoms with Gasteiger partial charge in [-0.3, -0.25) is 0 Å². The minimum Gasteiger partial charge on any atom is -0.488 e. The van der Waals surface area contributed by atoms with Crippen molar-refractivity contribution in [3.8, 4) is 5.75 Å². The Kier molecular flexibility index (Phi) is 6.96. The summed E-state index contributed by atoms with van der Waals surface area (Å²) < 4.78 is 28.7. The van der Waals surface area contributed by atoms with Crippen LogP contribution in [-0.4, -0.2) is 66.5 Å². The summed E-state index contributed by atoms with van der Waals surface area (Å²) in [4.78, 5) is 8.99. The number of nitrogens with one attached hydrogen (secondary N) is 3. The first-order valence-corrected chi connectivity index (χ1v) is 13.0. The van der Waals surface area contributed by atoms with Crippen LogP contribution in [0.4, 0.5) is 17.3 Å². The van der Waals surface area contributed by atoms with Gasteiger partial charge in [-0.1, -0.05) is 12.1 Å². The third-order valence-corrected chi connectivity index (χ3v) is 6.60. The molecule has 1 aliphatic carbocycles. The number of ether oxygens (including phenoxy) is 1. The third kappa shape index (κ3) is 5.79. The number of nitrogens with zero attached hydrogens (tertiary/aromatic N) is 2. The molecule has 1 fully saturated rings. The summed E-state index contributed by atoms with van der Waals surface area (Å²) >= 11 is 0. The van der Waals surface area contributed by atoms with Crippen LogP contribution >= 0.6 is 0 Å². The van der Waals surface area contributed by atoms with Crippen LogP contribution in [0.2, 0.25) is 0 Å². The standard InChI is InChI=1S/C23H28N6O4S/c1-34(31,32)8-7-26-16-9-17(10-16)33-21-4-2-3-14-12-27-23(29-22(14)21)28-15-5-6-18(19(24)11-15)20(25)13-30/h2-6,11-12,16-17,25-26,30H,7-10,13,24H2,1H3,(H,27,28,29)/t16-,17+. The molecule has 34 heavy (non-hydrogen) atoms. The van der Waals surface area contributed by atoms with Crippen molar-refractivity contribution >= 4 is 43.8 Å². The Morgan fingerprint density at radius 3 is 2.79 bits per heavy atom. The molecule has 0 aliphatic heterocycles. The van der Waals surface area contributed by atoms with E-state index in [2.05, 4.69) is 20.6 Å². The molecule has 0 saturated heterocycles. The van der Waals surface area contributed by atoms with Crippen molar-refractivity contribution in [1.82, 2.24) is 15.3 Å². The molecule has 3 aromatic rings. The number of aliphatic hydroxyl groups excluding tert-OH is 1. The van der Waals surface area contributed by atoms with Crippen LogP contribution in [0.3, 0.4) is 0 Å². The molecule has 1 aliphatic rings. The molecular formula is C23H28N6O4S. The number of sulfone groups is 1. The molecule has 11 heteroatoms. The highest BCUT2D eigenvalue weighted by Crippen LogP contribution is 2.31. The summed E-state index contributed by atoms with van der Waals surface area (Å²) in [5, 5.41) is 24.1. The fourth-order valence-corrected chi connectivity index (χ4v) is 4.26. The van der Waals surface area contributed by atoms with E-state index in [1.807, 2.05) is 18.2 Å². The Morgan fingerprint density at radius 2 is 2.09 bits per heavy atom. The second-order valence-corrected chi connectivity index (χ2v) is 10.7. The first-order chi connectivity index (χ1) is 16.2. The lowest BCUT2D eigenvalue weighted by Gasteiger charge is -2.36. The Hall–Kier alpha value is -3.28. The smallest absolute Gasteiger partial charge is 0.227 e. The average Bonchev–Trinajstić information content (AvgIpc) is 2.76. The lowest BCUT2D eigenvalue weighted by molar-refractivity contribution is 0.0873. The molecule has 0 unspecified atom stereocenters. The van der Waals surface area contributed by atoms with Gasteiger partial charge in [0.15, 0.2) is 0 Å². The highest BCUT2D eigenvalue weighted by Gasteiger charge is 2.31. The number of fused-ring (bicyclic) bond motifs is 1. The molecule has 2 aromatic carbocycles. The quantitative estimate of drug-likeness (QED) is 0.213. The second-order valence-electron chi connectivity index (χ2n) is 8.44. The van der Waals surface area contributed by atoms with Crippen LogP contribution < -0.4 is 21.1 Å². The van der Waals surface area contributed by atoms with Gasteiger partial charge in [0, 0.05) is 47.4 Å².